The SMILES string of the molecule is CC(C)CC(C)OCC(=O)OC(C)CC(C)C. The minimum absolute atomic E-state index is 0.0218. The maximum Gasteiger partial charge on any atom is 0.332 e. The van der Waals surface area contributed by atoms with E-state index < -0.39 is 0 Å². The lowest BCUT2D eigenvalue weighted by Gasteiger charge is -2.17. The highest BCUT2D eigenvalue weighted by molar-refractivity contribution is 5.70. The summed E-state index contributed by atoms with van der Waals surface area (Å²) in [5.41, 5.74) is 0. The second-order valence-corrected chi connectivity index (χ2v) is 5.68. The Balaban J connectivity index is 3.72. The zero-order valence-corrected chi connectivity index (χ0v) is 12.2. The van der Waals surface area contributed by atoms with Crippen molar-refractivity contribution in [2.45, 2.75) is 66.6 Å². The average Bonchev–Trinajstić information content (AvgIpc) is 2.12. The maximum absolute atomic E-state index is 11.5. The van der Waals surface area contributed by atoms with E-state index in [-0.39, 0.29) is 24.8 Å². The Morgan fingerprint density at radius 2 is 1.35 bits per heavy atom. The van der Waals surface area contributed by atoms with Crippen LogP contribution in [-0.4, -0.2) is 24.8 Å². The number of hydrogen-bond donors (Lipinski definition) is 0. The van der Waals surface area contributed by atoms with Crippen LogP contribution in [0.3, 0.4) is 0 Å². The minimum Gasteiger partial charge on any atom is -0.461 e. The molecule has 0 aromatic rings. The molecule has 102 valence electrons. The zero-order valence-electron chi connectivity index (χ0n) is 12.2. The molecule has 0 saturated carbocycles. The molecule has 0 saturated heterocycles. The van der Waals surface area contributed by atoms with E-state index in [1.165, 1.54) is 0 Å². The fourth-order valence-electron chi connectivity index (χ4n) is 1.91. The molecule has 0 N–H and O–H groups in total. The first kappa shape index (κ1) is 16.4. The van der Waals surface area contributed by atoms with Crippen molar-refractivity contribution in [3.05, 3.63) is 0 Å². The second-order valence-electron chi connectivity index (χ2n) is 5.68. The molecule has 3 heteroatoms. The number of carbonyl (C=O) groups is 1. The van der Waals surface area contributed by atoms with E-state index in [0.29, 0.717) is 11.8 Å². The van der Waals surface area contributed by atoms with Crippen molar-refractivity contribution in [3.63, 3.8) is 0 Å². The van der Waals surface area contributed by atoms with Gasteiger partial charge >= 0.3 is 5.97 Å². The van der Waals surface area contributed by atoms with Crippen LogP contribution in [0.15, 0.2) is 0 Å². The van der Waals surface area contributed by atoms with Crippen LogP contribution < -0.4 is 0 Å². The Bertz CT molecular complexity index is 212. The van der Waals surface area contributed by atoms with Gasteiger partial charge in [0, 0.05) is 0 Å². The molecule has 0 heterocycles. The lowest BCUT2D eigenvalue weighted by atomic mass is 10.1. The summed E-state index contributed by atoms with van der Waals surface area (Å²) in [4.78, 5) is 11.5. The van der Waals surface area contributed by atoms with Crippen LogP contribution in [0.2, 0.25) is 0 Å². The summed E-state index contributed by atoms with van der Waals surface area (Å²) < 4.78 is 10.7. The van der Waals surface area contributed by atoms with Crippen LogP contribution in [0.5, 0.6) is 0 Å². The fraction of sp³-hybridized carbons (Fsp3) is 0.929. The minimum atomic E-state index is -0.256. The lowest BCUT2D eigenvalue weighted by Crippen LogP contribution is -2.23. The van der Waals surface area contributed by atoms with Crippen molar-refractivity contribution in [3.8, 4) is 0 Å². The number of hydrogen-bond acceptors (Lipinski definition) is 3. The molecule has 0 aromatic carbocycles. The quantitative estimate of drug-likeness (QED) is 0.614. The molecule has 2 unspecified atom stereocenters. The van der Waals surface area contributed by atoms with E-state index >= 15 is 0 Å². The van der Waals surface area contributed by atoms with Gasteiger partial charge in [0.1, 0.15) is 6.61 Å². The van der Waals surface area contributed by atoms with Gasteiger partial charge in [0.15, 0.2) is 0 Å². The van der Waals surface area contributed by atoms with Crippen LogP contribution in [0, 0.1) is 11.8 Å². The molecular formula is C14H28O3. The molecule has 0 aliphatic heterocycles. The summed E-state index contributed by atoms with van der Waals surface area (Å²) in [6, 6.07) is 0. The Kier molecular flexibility index (Phi) is 8.23. The number of carbonyl (C=O) groups excluding carboxylic acids is 1. The first-order valence-corrected chi connectivity index (χ1v) is 6.62. The van der Waals surface area contributed by atoms with Gasteiger partial charge in [-0.1, -0.05) is 27.7 Å². The molecule has 0 bridgehead atoms. The van der Waals surface area contributed by atoms with Crippen LogP contribution >= 0.6 is 0 Å². The van der Waals surface area contributed by atoms with Gasteiger partial charge in [-0.2, -0.15) is 0 Å². The first-order chi connectivity index (χ1) is 7.81. The summed E-state index contributed by atoms with van der Waals surface area (Å²) in [7, 11) is 0. The molecule has 0 aromatic heterocycles. The normalized spacial score (nSPS) is 15.1. The predicted molar refractivity (Wildman–Crippen MR) is 69.9 cm³/mol. The molecule has 0 spiro atoms. The van der Waals surface area contributed by atoms with Gasteiger partial charge in [0.2, 0.25) is 0 Å². The van der Waals surface area contributed by atoms with Crippen molar-refractivity contribution in [1.29, 1.82) is 0 Å². The maximum atomic E-state index is 11.5. The summed E-state index contributed by atoms with van der Waals surface area (Å²) >= 11 is 0. The van der Waals surface area contributed by atoms with E-state index in [1.807, 2.05) is 13.8 Å². The topological polar surface area (TPSA) is 35.5 Å². The smallest absolute Gasteiger partial charge is 0.332 e. The highest BCUT2D eigenvalue weighted by atomic mass is 16.6. The molecule has 0 fully saturated rings. The molecule has 0 radical (unpaired) electrons. The molecule has 0 aliphatic rings. The number of ether oxygens (including phenoxy) is 2. The van der Waals surface area contributed by atoms with Crippen LogP contribution in [0.4, 0.5) is 0 Å². The Morgan fingerprint density at radius 3 is 1.82 bits per heavy atom. The highest BCUT2D eigenvalue weighted by Crippen LogP contribution is 2.09. The molecule has 2 atom stereocenters. The monoisotopic (exact) mass is 244 g/mol. The Labute approximate surface area is 106 Å². The summed E-state index contributed by atoms with van der Waals surface area (Å²) in [5, 5.41) is 0. The van der Waals surface area contributed by atoms with Gasteiger partial charge in [0.05, 0.1) is 12.2 Å². The van der Waals surface area contributed by atoms with E-state index in [4.69, 9.17) is 9.47 Å². The summed E-state index contributed by atoms with van der Waals surface area (Å²) in [5.74, 6) is 0.869. The van der Waals surface area contributed by atoms with Crippen molar-refractivity contribution >= 4 is 5.97 Å². The van der Waals surface area contributed by atoms with Gasteiger partial charge < -0.3 is 9.47 Å². The van der Waals surface area contributed by atoms with Gasteiger partial charge in [-0.15, -0.1) is 0 Å². The third kappa shape index (κ3) is 10.3. The second kappa shape index (κ2) is 8.51. The third-order valence-electron chi connectivity index (χ3n) is 2.42. The average molecular weight is 244 g/mol. The number of esters is 1. The lowest BCUT2D eigenvalue weighted by molar-refractivity contribution is -0.156. The highest BCUT2D eigenvalue weighted by Gasteiger charge is 2.13. The van der Waals surface area contributed by atoms with Crippen molar-refractivity contribution in [1.82, 2.24) is 0 Å². The molecule has 0 aliphatic carbocycles. The number of rotatable bonds is 8. The van der Waals surface area contributed by atoms with Gasteiger partial charge in [-0.25, -0.2) is 4.79 Å². The Morgan fingerprint density at radius 1 is 0.882 bits per heavy atom. The molecular weight excluding hydrogens is 216 g/mol. The van der Waals surface area contributed by atoms with E-state index in [9.17, 15) is 4.79 Å². The Hall–Kier alpha value is -0.570. The van der Waals surface area contributed by atoms with Gasteiger partial charge in [-0.3, -0.25) is 0 Å². The summed E-state index contributed by atoms with van der Waals surface area (Å²) in [6.07, 6.45) is 1.96. The van der Waals surface area contributed by atoms with Gasteiger partial charge in [0.25, 0.3) is 0 Å². The van der Waals surface area contributed by atoms with E-state index in [0.717, 1.165) is 12.8 Å². The van der Waals surface area contributed by atoms with Crippen molar-refractivity contribution in [2.24, 2.45) is 11.8 Å². The standard InChI is InChI=1S/C14H28O3/c1-10(2)7-12(5)16-9-14(15)17-13(6)8-11(3)4/h10-13H,7-9H2,1-6H3. The molecule has 0 rings (SSSR count). The molecule has 3 nitrogen and oxygen atoms in total. The van der Waals surface area contributed by atoms with Crippen LogP contribution in [0.1, 0.15) is 54.4 Å². The largest absolute Gasteiger partial charge is 0.461 e. The van der Waals surface area contributed by atoms with E-state index in [1.54, 1.807) is 0 Å². The van der Waals surface area contributed by atoms with Gasteiger partial charge in [-0.05, 0) is 38.5 Å². The predicted octanol–water partition coefficient (Wildman–Crippen LogP) is 3.42. The van der Waals surface area contributed by atoms with Crippen molar-refractivity contribution in [2.75, 3.05) is 6.61 Å². The summed E-state index contributed by atoms with van der Waals surface area (Å²) in [6.45, 7) is 12.5. The molecule has 17 heavy (non-hydrogen) atoms. The fourth-order valence-corrected chi connectivity index (χ4v) is 1.91. The first-order valence-electron chi connectivity index (χ1n) is 6.62. The molecule has 0 amide bonds. The zero-order chi connectivity index (χ0) is 13.4. The van der Waals surface area contributed by atoms with E-state index in [2.05, 4.69) is 27.7 Å². The van der Waals surface area contributed by atoms with Crippen molar-refractivity contribution < 1.29 is 14.3 Å². The third-order valence-corrected chi connectivity index (χ3v) is 2.42. The van der Waals surface area contributed by atoms with Crippen LogP contribution in [0.25, 0.3) is 0 Å². The van der Waals surface area contributed by atoms with Crippen LogP contribution in [-0.2, 0) is 14.3 Å².